The fourth-order valence-electron chi connectivity index (χ4n) is 1.73. The number of carboxylic acids is 1. The van der Waals surface area contributed by atoms with E-state index >= 15 is 0 Å². The van der Waals surface area contributed by atoms with Gasteiger partial charge in [0.1, 0.15) is 0 Å². The molecule has 1 aromatic carbocycles. The number of amides is 1. The van der Waals surface area contributed by atoms with Gasteiger partial charge < -0.3 is 10.4 Å². The molecule has 1 rings (SSSR count). The molecule has 19 heavy (non-hydrogen) atoms. The summed E-state index contributed by atoms with van der Waals surface area (Å²) in [6.45, 7) is 6.36. The molecule has 0 aliphatic heterocycles. The van der Waals surface area contributed by atoms with E-state index in [0.717, 1.165) is 5.56 Å². The summed E-state index contributed by atoms with van der Waals surface area (Å²) in [7, 11) is 0. The molecule has 104 valence electrons. The van der Waals surface area contributed by atoms with E-state index in [9.17, 15) is 9.59 Å². The van der Waals surface area contributed by atoms with Crippen molar-refractivity contribution in [1.82, 2.24) is 5.32 Å². The predicted molar refractivity (Wildman–Crippen MR) is 74.1 cm³/mol. The van der Waals surface area contributed by atoms with Gasteiger partial charge in [0.05, 0.1) is 5.56 Å². The van der Waals surface area contributed by atoms with Crippen LogP contribution in [0.3, 0.4) is 0 Å². The molecule has 0 aromatic heterocycles. The van der Waals surface area contributed by atoms with Crippen LogP contribution in [0.4, 0.5) is 0 Å². The summed E-state index contributed by atoms with van der Waals surface area (Å²) in [5.74, 6) is -0.652. The third-order valence-corrected chi connectivity index (χ3v) is 3.35. The third-order valence-electron chi connectivity index (χ3n) is 3.35. The molecule has 0 spiro atoms. The first kappa shape index (κ1) is 15.2. The van der Waals surface area contributed by atoms with E-state index in [1.807, 2.05) is 20.8 Å². The standard InChI is InChI=1S/C15H21NO3/c1-10(2)11(3)14(17)16-9-8-12-6-4-5-7-13(12)15(18)19/h4-7,10-11H,8-9H2,1-3H3,(H,16,17)(H,18,19). The Labute approximate surface area is 113 Å². The van der Waals surface area contributed by atoms with Crippen LogP contribution >= 0.6 is 0 Å². The van der Waals surface area contributed by atoms with Crippen molar-refractivity contribution in [1.29, 1.82) is 0 Å². The van der Waals surface area contributed by atoms with Gasteiger partial charge in [0.15, 0.2) is 0 Å². The fraction of sp³-hybridized carbons (Fsp3) is 0.467. The van der Waals surface area contributed by atoms with Crippen molar-refractivity contribution < 1.29 is 14.7 Å². The minimum Gasteiger partial charge on any atom is -0.478 e. The van der Waals surface area contributed by atoms with Crippen molar-refractivity contribution in [3.05, 3.63) is 35.4 Å². The average molecular weight is 263 g/mol. The van der Waals surface area contributed by atoms with E-state index in [-0.39, 0.29) is 11.8 Å². The quantitative estimate of drug-likeness (QED) is 0.827. The zero-order valence-electron chi connectivity index (χ0n) is 11.6. The maximum atomic E-state index is 11.8. The number of carbonyl (C=O) groups is 2. The summed E-state index contributed by atoms with van der Waals surface area (Å²) in [6, 6.07) is 6.87. The van der Waals surface area contributed by atoms with Crippen LogP contribution in [0.25, 0.3) is 0 Å². The lowest BCUT2D eigenvalue weighted by Crippen LogP contribution is -2.33. The van der Waals surface area contributed by atoms with Crippen molar-refractivity contribution in [2.24, 2.45) is 11.8 Å². The highest BCUT2D eigenvalue weighted by molar-refractivity contribution is 5.89. The Morgan fingerprint density at radius 2 is 1.84 bits per heavy atom. The SMILES string of the molecule is CC(C)C(C)C(=O)NCCc1ccccc1C(=O)O. The van der Waals surface area contributed by atoms with Crippen LogP contribution in [0.5, 0.6) is 0 Å². The molecule has 1 atom stereocenters. The maximum absolute atomic E-state index is 11.8. The summed E-state index contributed by atoms with van der Waals surface area (Å²) in [4.78, 5) is 22.8. The summed E-state index contributed by atoms with van der Waals surface area (Å²) in [6.07, 6.45) is 0.527. The fourth-order valence-corrected chi connectivity index (χ4v) is 1.73. The molecule has 1 amide bonds. The molecule has 0 saturated carbocycles. The van der Waals surface area contributed by atoms with Gasteiger partial charge in [-0.3, -0.25) is 4.79 Å². The topological polar surface area (TPSA) is 66.4 Å². The smallest absolute Gasteiger partial charge is 0.335 e. The van der Waals surface area contributed by atoms with Crippen LogP contribution < -0.4 is 5.32 Å². The molecular weight excluding hydrogens is 242 g/mol. The Bertz CT molecular complexity index is 454. The lowest BCUT2D eigenvalue weighted by atomic mass is 9.97. The molecule has 0 aliphatic rings. The van der Waals surface area contributed by atoms with Gasteiger partial charge in [0.2, 0.25) is 5.91 Å². The highest BCUT2D eigenvalue weighted by Gasteiger charge is 2.16. The largest absolute Gasteiger partial charge is 0.478 e. The number of carbonyl (C=O) groups excluding carboxylic acids is 1. The normalized spacial score (nSPS) is 12.2. The van der Waals surface area contributed by atoms with Crippen LogP contribution in [0.2, 0.25) is 0 Å². The van der Waals surface area contributed by atoms with E-state index in [0.29, 0.717) is 24.4 Å². The number of benzene rings is 1. The van der Waals surface area contributed by atoms with Gasteiger partial charge in [-0.1, -0.05) is 39.0 Å². The lowest BCUT2D eigenvalue weighted by molar-refractivity contribution is -0.125. The molecule has 2 N–H and O–H groups in total. The van der Waals surface area contributed by atoms with Crippen LogP contribution in [0, 0.1) is 11.8 Å². The molecule has 4 nitrogen and oxygen atoms in total. The molecule has 0 radical (unpaired) electrons. The van der Waals surface area contributed by atoms with Crippen molar-refractivity contribution in [3.63, 3.8) is 0 Å². The molecule has 0 fully saturated rings. The first-order chi connectivity index (χ1) is 8.93. The lowest BCUT2D eigenvalue weighted by Gasteiger charge is -2.15. The molecule has 0 aliphatic carbocycles. The molecule has 0 saturated heterocycles. The summed E-state index contributed by atoms with van der Waals surface area (Å²) >= 11 is 0. The molecule has 1 unspecified atom stereocenters. The maximum Gasteiger partial charge on any atom is 0.335 e. The second kappa shape index (κ2) is 6.92. The summed E-state index contributed by atoms with van der Waals surface area (Å²) < 4.78 is 0. The molecule has 0 bridgehead atoms. The van der Waals surface area contributed by atoms with Crippen molar-refractivity contribution in [2.45, 2.75) is 27.2 Å². The van der Waals surface area contributed by atoms with E-state index in [1.54, 1.807) is 24.3 Å². The van der Waals surface area contributed by atoms with Gasteiger partial charge in [-0.15, -0.1) is 0 Å². The van der Waals surface area contributed by atoms with Gasteiger partial charge in [0, 0.05) is 12.5 Å². The van der Waals surface area contributed by atoms with Crippen LogP contribution in [-0.2, 0) is 11.2 Å². The van der Waals surface area contributed by atoms with Gasteiger partial charge in [-0.2, -0.15) is 0 Å². The minimum atomic E-state index is -0.933. The Hall–Kier alpha value is -1.84. The molecule has 4 heteroatoms. The van der Waals surface area contributed by atoms with Crippen molar-refractivity contribution >= 4 is 11.9 Å². The first-order valence-corrected chi connectivity index (χ1v) is 6.52. The van der Waals surface area contributed by atoms with Crippen molar-refractivity contribution in [2.75, 3.05) is 6.54 Å². The average Bonchev–Trinajstić information content (AvgIpc) is 2.37. The predicted octanol–water partition coefficient (Wildman–Crippen LogP) is 2.34. The number of nitrogens with one attached hydrogen (secondary N) is 1. The number of hydrogen-bond donors (Lipinski definition) is 2. The number of carboxylic acid groups (broad SMARTS) is 1. The Kier molecular flexibility index (Phi) is 5.55. The van der Waals surface area contributed by atoms with Crippen molar-refractivity contribution in [3.8, 4) is 0 Å². The summed E-state index contributed by atoms with van der Waals surface area (Å²) in [5.41, 5.74) is 1.04. The van der Waals surface area contributed by atoms with E-state index in [2.05, 4.69) is 5.32 Å². The number of aromatic carboxylic acids is 1. The highest BCUT2D eigenvalue weighted by Crippen LogP contribution is 2.11. The van der Waals surface area contributed by atoms with Crippen LogP contribution in [-0.4, -0.2) is 23.5 Å². The zero-order valence-corrected chi connectivity index (χ0v) is 11.6. The van der Waals surface area contributed by atoms with Crippen LogP contribution in [0.1, 0.15) is 36.7 Å². The Morgan fingerprint density at radius 3 is 2.42 bits per heavy atom. The molecule has 1 aromatic rings. The monoisotopic (exact) mass is 263 g/mol. The first-order valence-electron chi connectivity index (χ1n) is 6.52. The Morgan fingerprint density at radius 1 is 1.21 bits per heavy atom. The summed E-state index contributed by atoms with van der Waals surface area (Å²) in [5, 5.41) is 11.9. The zero-order chi connectivity index (χ0) is 14.4. The van der Waals surface area contributed by atoms with E-state index in [4.69, 9.17) is 5.11 Å². The van der Waals surface area contributed by atoms with Gasteiger partial charge in [0.25, 0.3) is 0 Å². The van der Waals surface area contributed by atoms with Gasteiger partial charge in [-0.25, -0.2) is 4.79 Å². The van der Waals surface area contributed by atoms with Gasteiger partial charge >= 0.3 is 5.97 Å². The highest BCUT2D eigenvalue weighted by atomic mass is 16.4. The van der Waals surface area contributed by atoms with E-state index < -0.39 is 5.97 Å². The number of rotatable bonds is 6. The van der Waals surface area contributed by atoms with E-state index in [1.165, 1.54) is 0 Å². The minimum absolute atomic E-state index is 0.0165. The second-order valence-corrected chi connectivity index (χ2v) is 5.04. The van der Waals surface area contributed by atoms with Gasteiger partial charge in [-0.05, 0) is 24.0 Å². The van der Waals surface area contributed by atoms with Crippen LogP contribution in [0.15, 0.2) is 24.3 Å². The number of hydrogen-bond acceptors (Lipinski definition) is 2. The molecular formula is C15H21NO3. The third kappa shape index (κ3) is 4.39. The second-order valence-electron chi connectivity index (χ2n) is 5.04. The molecule has 0 heterocycles. The Balaban J connectivity index is 2.54.